The van der Waals surface area contributed by atoms with Gasteiger partial charge in [0.2, 0.25) is 5.91 Å². The van der Waals surface area contributed by atoms with Gasteiger partial charge in [-0.05, 0) is 31.5 Å². The molecule has 0 aliphatic heterocycles. The Morgan fingerprint density at radius 3 is 2.77 bits per heavy atom. The Hall–Kier alpha value is -3.11. The maximum Gasteiger partial charge on any atom is 0.271 e. The van der Waals surface area contributed by atoms with Gasteiger partial charge in [-0.15, -0.1) is 10.2 Å². The molecular formula is C20H20ClN5O4S. The molecule has 1 heterocycles. The minimum atomic E-state index is -0.500. The summed E-state index contributed by atoms with van der Waals surface area (Å²) < 4.78 is 7.58. The fourth-order valence-electron chi connectivity index (χ4n) is 2.73. The van der Waals surface area contributed by atoms with Crippen molar-refractivity contribution in [3.05, 3.63) is 69.0 Å². The summed E-state index contributed by atoms with van der Waals surface area (Å²) in [5.74, 6) is 0.940. The summed E-state index contributed by atoms with van der Waals surface area (Å²) in [5, 5.41) is 23.0. The zero-order valence-electron chi connectivity index (χ0n) is 16.9. The van der Waals surface area contributed by atoms with Gasteiger partial charge in [-0.25, -0.2) is 0 Å². The van der Waals surface area contributed by atoms with Crippen LogP contribution in [-0.4, -0.2) is 31.3 Å². The van der Waals surface area contributed by atoms with Crippen molar-refractivity contribution in [1.29, 1.82) is 0 Å². The molecule has 0 fully saturated rings. The summed E-state index contributed by atoms with van der Waals surface area (Å²) in [6, 6.07) is 11.5. The molecule has 0 aliphatic carbocycles. The van der Waals surface area contributed by atoms with Crippen molar-refractivity contribution in [3.8, 4) is 5.75 Å². The predicted molar refractivity (Wildman–Crippen MR) is 119 cm³/mol. The Bertz CT molecular complexity index is 1100. The van der Waals surface area contributed by atoms with E-state index >= 15 is 0 Å². The molecule has 0 atom stereocenters. The Balaban J connectivity index is 1.62. The van der Waals surface area contributed by atoms with Crippen molar-refractivity contribution in [2.24, 2.45) is 0 Å². The number of halogens is 1. The fraction of sp³-hybridized carbons (Fsp3) is 0.250. The third-order valence-corrected chi connectivity index (χ3v) is 5.62. The van der Waals surface area contributed by atoms with E-state index in [1.807, 2.05) is 23.6 Å². The smallest absolute Gasteiger partial charge is 0.271 e. The number of ether oxygens (including phenoxy) is 1. The molecule has 31 heavy (non-hydrogen) atoms. The van der Waals surface area contributed by atoms with Gasteiger partial charge in [0, 0.05) is 18.7 Å². The van der Waals surface area contributed by atoms with Crippen molar-refractivity contribution in [2.45, 2.75) is 32.2 Å². The fourth-order valence-corrected chi connectivity index (χ4v) is 3.74. The molecule has 162 valence electrons. The highest BCUT2D eigenvalue weighted by atomic mass is 35.5. The highest BCUT2D eigenvalue weighted by Gasteiger charge is 2.16. The van der Waals surface area contributed by atoms with E-state index in [4.69, 9.17) is 16.3 Å². The van der Waals surface area contributed by atoms with Crippen LogP contribution >= 0.6 is 23.4 Å². The zero-order valence-corrected chi connectivity index (χ0v) is 18.4. The third kappa shape index (κ3) is 5.74. The largest absolute Gasteiger partial charge is 0.484 e. The van der Waals surface area contributed by atoms with E-state index in [0.717, 1.165) is 5.56 Å². The minimum Gasteiger partial charge on any atom is -0.484 e. The minimum absolute atomic E-state index is 0.0750. The molecule has 1 amide bonds. The van der Waals surface area contributed by atoms with Crippen LogP contribution in [0.25, 0.3) is 0 Å². The first-order valence-electron chi connectivity index (χ1n) is 9.36. The molecule has 0 unspecified atom stereocenters. The third-order valence-electron chi connectivity index (χ3n) is 4.34. The predicted octanol–water partition coefficient (Wildman–Crippen LogP) is 4.48. The number of rotatable bonds is 9. The van der Waals surface area contributed by atoms with Gasteiger partial charge >= 0.3 is 0 Å². The molecule has 1 N–H and O–H groups in total. The lowest BCUT2D eigenvalue weighted by atomic mass is 10.2. The SMILES string of the molecule is CCn1c(COc2ccccc2Cl)nnc1SCC(=O)Nc1cc([N+](=O)[O-])ccc1C. The van der Waals surface area contributed by atoms with Crippen LogP contribution in [0.1, 0.15) is 18.3 Å². The monoisotopic (exact) mass is 461 g/mol. The van der Waals surface area contributed by atoms with Crippen LogP contribution in [0, 0.1) is 17.0 Å². The number of hydrogen-bond donors (Lipinski definition) is 1. The number of amides is 1. The van der Waals surface area contributed by atoms with Crippen LogP contribution in [0.3, 0.4) is 0 Å². The average Bonchev–Trinajstić information content (AvgIpc) is 3.15. The quantitative estimate of drug-likeness (QED) is 0.284. The Morgan fingerprint density at radius 1 is 1.29 bits per heavy atom. The molecule has 11 heteroatoms. The Labute approximate surface area is 187 Å². The molecule has 0 saturated heterocycles. The van der Waals surface area contributed by atoms with Crippen LogP contribution in [0.5, 0.6) is 5.75 Å². The van der Waals surface area contributed by atoms with Gasteiger partial charge in [0.05, 0.1) is 21.4 Å². The molecule has 3 rings (SSSR count). The molecule has 1 aromatic heterocycles. The van der Waals surface area contributed by atoms with Gasteiger partial charge in [-0.2, -0.15) is 0 Å². The number of para-hydroxylation sites is 1. The number of nitrogens with one attached hydrogen (secondary N) is 1. The number of thioether (sulfide) groups is 1. The zero-order chi connectivity index (χ0) is 22.4. The topological polar surface area (TPSA) is 112 Å². The van der Waals surface area contributed by atoms with Crippen molar-refractivity contribution in [1.82, 2.24) is 14.8 Å². The summed E-state index contributed by atoms with van der Waals surface area (Å²) in [7, 11) is 0. The number of nitro benzene ring substituents is 1. The number of carbonyl (C=O) groups is 1. The molecule has 0 spiro atoms. The molecule has 0 aliphatic rings. The number of nitrogens with zero attached hydrogens (tertiary/aromatic N) is 4. The molecule has 3 aromatic rings. The van der Waals surface area contributed by atoms with Crippen LogP contribution in [0.4, 0.5) is 11.4 Å². The van der Waals surface area contributed by atoms with E-state index < -0.39 is 4.92 Å². The van der Waals surface area contributed by atoms with Crippen molar-refractivity contribution >= 4 is 40.6 Å². The number of aromatic nitrogens is 3. The lowest BCUT2D eigenvalue weighted by Crippen LogP contribution is -2.15. The van der Waals surface area contributed by atoms with Crippen LogP contribution in [0.15, 0.2) is 47.6 Å². The molecule has 0 saturated carbocycles. The lowest BCUT2D eigenvalue weighted by Gasteiger charge is -2.10. The van der Waals surface area contributed by atoms with Crippen molar-refractivity contribution < 1.29 is 14.5 Å². The van der Waals surface area contributed by atoms with Crippen molar-refractivity contribution in [2.75, 3.05) is 11.1 Å². The second kappa shape index (κ2) is 10.3. The summed E-state index contributed by atoms with van der Waals surface area (Å²) in [5.41, 5.74) is 1.06. The van der Waals surface area contributed by atoms with Gasteiger partial charge in [0.1, 0.15) is 12.4 Å². The van der Waals surface area contributed by atoms with Gasteiger partial charge in [0.25, 0.3) is 5.69 Å². The number of non-ortho nitro benzene ring substituents is 1. The van der Waals surface area contributed by atoms with Crippen LogP contribution in [0.2, 0.25) is 5.02 Å². The highest BCUT2D eigenvalue weighted by molar-refractivity contribution is 7.99. The second-order valence-electron chi connectivity index (χ2n) is 6.46. The van der Waals surface area contributed by atoms with E-state index in [1.165, 1.54) is 23.9 Å². The first kappa shape index (κ1) is 22.6. The van der Waals surface area contributed by atoms with Gasteiger partial charge in [0.15, 0.2) is 11.0 Å². The lowest BCUT2D eigenvalue weighted by molar-refractivity contribution is -0.384. The molecule has 2 aromatic carbocycles. The van der Waals surface area contributed by atoms with E-state index in [-0.39, 0.29) is 24.0 Å². The highest BCUT2D eigenvalue weighted by Crippen LogP contribution is 2.25. The summed E-state index contributed by atoms with van der Waals surface area (Å²) >= 11 is 7.33. The molecule has 0 bridgehead atoms. The van der Waals surface area contributed by atoms with E-state index in [9.17, 15) is 14.9 Å². The molecule has 0 radical (unpaired) electrons. The first-order chi connectivity index (χ1) is 14.9. The maximum atomic E-state index is 12.4. The standard InChI is InChI=1S/C20H20ClN5O4S/c1-3-25-18(11-30-17-7-5-4-6-15(17)21)23-24-20(25)31-12-19(27)22-16-10-14(26(28)29)9-8-13(16)2/h4-10H,3,11-12H2,1-2H3,(H,22,27). The van der Waals surface area contributed by atoms with E-state index in [1.54, 1.807) is 25.1 Å². The molecule has 9 nitrogen and oxygen atoms in total. The van der Waals surface area contributed by atoms with Crippen molar-refractivity contribution in [3.63, 3.8) is 0 Å². The first-order valence-corrected chi connectivity index (χ1v) is 10.7. The summed E-state index contributed by atoms with van der Waals surface area (Å²) in [4.78, 5) is 22.8. The number of hydrogen-bond acceptors (Lipinski definition) is 7. The van der Waals surface area contributed by atoms with Crippen LogP contribution in [-0.2, 0) is 17.9 Å². The van der Waals surface area contributed by atoms with E-state index in [0.29, 0.717) is 34.0 Å². The number of aryl methyl sites for hydroxylation is 1. The number of benzene rings is 2. The number of carbonyl (C=O) groups excluding carboxylic acids is 1. The molecular weight excluding hydrogens is 442 g/mol. The maximum absolute atomic E-state index is 12.4. The number of anilines is 1. The van der Waals surface area contributed by atoms with Gasteiger partial charge in [-0.1, -0.05) is 41.6 Å². The second-order valence-corrected chi connectivity index (χ2v) is 7.81. The van der Waals surface area contributed by atoms with Gasteiger partial charge in [-0.3, -0.25) is 14.9 Å². The van der Waals surface area contributed by atoms with Crippen LogP contribution < -0.4 is 10.1 Å². The summed E-state index contributed by atoms with van der Waals surface area (Å²) in [6.45, 7) is 4.50. The number of nitro groups is 1. The normalized spacial score (nSPS) is 10.7. The summed E-state index contributed by atoms with van der Waals surface area (Å²) in [6.07, 6.45) is 0. The van der Waals surface area contributed by atoms with Gasteiger partial charge < -0.3 is 14.6 Å². The Morgan fingerprint density at radius 2 is 2.06 bits per heavy atom. The Kier molecular flexibility index (Phi) is 7.48. The van der Waals surface area contributed by atoms with E-state index in [2.05, 4.69) is 15.5 Å². The average molecular weight is 462 g/mol.